The van der Waals surface area contributed by atoms with Crippen molar-refractivity contribution in [3.63, 3.8) is 0 Å². The van der Waals surface area contributed by atoms with Gasteiger partial charge in [-0.25, -0.2) is 4.68 Å². The summed E-state index contributed by atoms with van der Waals surface area (Å²) in [6.07, 6.45) is 1.50. The zero-order valence-corrected chi connectivity index (χ0v) is 13.6. The van der Waals surface area contributed by atoms with Gasteiger partial charge in [0.2, 0.25) is 5.78 Å². The predicted octanol–water partition coefficient (Wildman–Crippen LogP) is 2.42. The molecule has 0 unspecified atom stereocenters. The van der Waals surface area contributed by atoms with Crippen molar-refractivity contribution in [2.24, 2.45) is 0 Å². The summed E-state index contributed by atoms with van der Waals surface area (Å²) in [5.41, 5.74) is 19.3. The van der Waals surface area contributed by atoms with Crippen LogP contribution in [-0.4, -0.2) is 20.5 Å². The van der Waals surface area contributed by atoms with Gasteiger partial charge in [-0.05, 0) is 30.3 Å². The Bertz CT molecular complexity index is 1120. The third-order valence-electron chi connectivity index (χ3n) is 4.47. The lowest BCUT2D eigenvalue weighted by molar-refractivity contribution is 0.103. The fraction of sp³-hybridized carbons (Fsp3) is 0. The van der Waals surface area contributed by atoms with Gasteiger partial charge in [-0.3, -0.25) is 4.79 Å². The first-order valence-corrected chi connectivity index (χ1v) is 8.08. The molecule has 0 radical (unpaired) electrons. The number of hydrogen-bond acceptors (Lipinski definition) is 6. The highest BCUT2D eigenvalue weighted by atomic mass is 16.1. The SMILES string of the molecule is Nc1c(C(=O)c2cc3ccccc3[nH]2)cnn1-c1ccc2c(c1)NNN2. The molecule has 26 heavy (non-hydrogen) atoms. The van der Waals surface area contributed by atoms with Gasteiger partial charge in [0, 0.05) is 10.9 Å². The number of carbonyl (C=O) groups is 1. The number of nitrogens with zero attached hydrogens (tertiary/aromatic N) is 2. The number of nitrogen functional groups attached to an aromatic ring is 1. The smallest absolute Gasteiger partial charge is 0.214 e. The van der Waals surface area contributed by atoms with Crippen LogP contribution in [0.1, 0.15) is 16.1 Å². The Morgan fingerprint density at radius 1 is 1.04 bits per heavy atom. The number of hydrazine groups is 2. The van der Waals surface area contributed by atoms with Crippen molar-refractivity contribution < 1.29 is 4.79 Å². The van der Waals surface area contributed by atoms with Gasteiger partial charge in [-0.15, -0.1) is 5.53 Å². The Hall–Kier alpha value is -3.78. The van der Waals surface area contributed by atoms with E-state index in [1.54, 1.807) is 4.68 Å². The van der Waals surface area contributed by atoms with Gasteiger partial charge < -0.3 is 21.6 Å². The first kappa shape index (κ1) is 14.6. The summed E-state index contributed by atoms with van der Waals surface area (Å²) in [6, 6.07) is 15.2. The van der Waals surface area contributed by atoms with E-state index in [2.05, 4.69) is 26.5 Å². The zero-order valence-electron chi connectivity index (χ0n) is 13.6. The van der Waals surface area contributed by atoms with Gasteiger partial charge in [-0.2, -0.15) is 5.10 Å². The number of nitrogens with one attached hydrogen (secondary N) is 4. The van der Waals surface area contributed by atoms with Crippen LogP contribution in [0.15, 0.2) is 54.7 Å². The van der Waals surface area contributed by atoms with Crippen LogP contribution in [0.5, 0.6) is 0 Å². The van der Waals surface area contributed by atoms with Crippen LogP contribution in [0.25, 0.3) is 16.6 Å². The van der Waals surface area contributed by atoms with Crippen molar-refractivity contribution in [2.45, 2.75) is 0 Å². The minimum atomic E-state index is -0.187. The van der Waals surface area contributed by atoms with Gasteiger partial charge in [0.05, 0.1) is 34.5 Å². The maximum Gasteiger partial charge on any atom is 0.214 e. The minimum absolute atomic E-state index is 0.187. The summed E-state index contributed by atoms with van der Waals surface area (Å²) < 4.78 is 1.55. The average Bonchev–Trinajstić information content (AvgIpc) is 3.38. The highest BCUT2D eigenvalue weighted by Crippen LogP contribution is 2.29. The number of hydrogen-bond donors (Lipinski definition) is 5. The minimum Gasteiger partial charge on any atom is -0.383 e. The summed E-state index contributed by atoms with van der Waals surface area (Å²) in [7, 11) is 0. The zero-order chi connectivity index (χ0) is 17.7. The van der Waals surface area contributed by atoms with Crippen LogP contribution in [0.3, 0.4) is 0 Å². The maximum absolute atomic E-state index is 12.9. The van der Waals surface area contributed by atoms with E-state index >= 15 is 0 Å². The molecule has 8 nitrogen and oxygen atoms in total. The number of aromatic nitrogens is 3. The molecule has 0 spiro atoms. The normalized spacial score (nSPS) is 12.6. The molecule has 3 heterocycles. The molecule has 0 atom stereocenters. The number of para-hydroxylation sites is 1. The van der Waals surface area contributed by atoms with Crippen molar-refractivity contribution in [3.05, 3.63) is 66.0 Å². The van der Waals surface area contributed by atoms with E-state index in [9.17, 15) is 4.79 Å². The van der Waals surface area contributed by atoms with Crippen LogP contribution in [0.2, 0.25) is 0 Å². The molecule has 5 rings (SSSR count). The standard InChI is InChI=1S/C18H15N7O/c19-18-12(17(26)16-7-10-3-1-2-4-13(10)21-16)9-20-25(18)11-5-6-14-15(8-11)23-24-22-14/h1-9,21-24H,19H2. The van der Waals surface area contributed by atoms with E-state index in [4.69, 9.17) is 5.73 Å². The summed E-state index contributed by atoms with van der Waals surface area (Å²) in [5, 5.41) is 5.28. The number of fused-ring (bicyclic) bond motifs is 2. The van der Waals surface area contributed by atoms with E-state index < -0.39 is 0 Å². The molecule has 0 aliphatic carbocycles. The van der Waals surface area contributed by atoms with Crippen LogP contribution >= 0.6 is 0 Å². The van der Waals surface area contributed by atoms with Crippen LogP contribution < -0.4 is 22.1 Å². The molecule has 8 heteroatoms. The summed E-state index contributed by atoms with van der Waals surface area (Å²) in [4.78, 5) is 16.0. The molecule has 0 bridgehead atoms. The second-order valence-corrected chi connectivity index (χ2v) is 6.06. The fourth-order valence-corrected chi connectivity index (χ4v) is 3.12. The quantitative estimate of drug-likeness (QED) is 0.365. The number of anilines is 3. The van der Waals surface area contributed by atoms with E-state index in [0.29, 0.717) is 17.1 Å². The lowest BCUT2D eigenvalue weighted by Gasteiger charge is -2.06. The number of benzene rings is 2. The molecule has 0 fully saturated rings. The van der Waals surface area contributed by atoms with E-state index in [0.717, 1.165) is 28.0 Å². The molecule has 6 N–H and O–H groups in total. The lowest BCUT2D eigenvalue weighted by atomic mass is 10.1. The lowest BCUT2D eigenvalue weighted by Crippen LogP contribution is -2.19. The number of ketones is 1. The number of carbonyl (C=O) groups excluding carboxylic acids is 1. The van der Waals surface area contributed by atoms with Crippen molar-refractivity contribution in [3.8, 4) is 5.69 Å². The van der Waals surface area contributed by atoms with Crippen molar-refractivity contribution in [1.29, 1.82) is 0 Å². The van der Waals surface area contributed by atoms with Gasteiger partial charge >= 0.3 is 0 Å². The maximum atomic E-state index is 12.9. The number of H-pyrrole nitrogens is 1. The van der Waals surface area contributed by atoms with Gasteiger partial charge in [-0.1, -0.05) is 18.2 Å². The number of aromatic amines is 1. The summed E-state index contributed by atoms with van der Waals surface area (Å²) >= 11 is 0. The highest BCUT2D eigenvalue weighted by Gasteiger charge is 2.20. The molecule has 0 amide bonds. The molecule has 2 aromatic heterocycles. The monoisotopic (exact) mass is 345 g/mol. The largest absolute Gasteiger partial charge is 0.383 e. The van der Waals surface area contributed by atoms with E-state index in [1.807, 2.05) is 48.5 Å². The molecule has 128 valence electrons. The number of rotatable bonds is 3. The highest BCUT2D eigenvalue weighted by molar-refractivity contribution is 6.12. The summed E-state index contributed by atoms with van der Waals surface area (Å²) in [5.74, 6) is 0.111. The molecular formula is C18H15N7O. The molecule has 0 saturated carbocycles. The molecule has 1 aliphatic heterocycles. The Kier molecular flexibility index (Phi) is 3.00. The van der Waals surface area contributed by atoms with E-state index in [-0.39, 0.29) is 5.78 Å². The van der Waals surface area contributed by atoms with Crippen molar-refractivity contribution in [2.75, 3.05) is 16.6 Å². The van der Waals surface area contributed by atoms with Crippen molar-refractivity contribution in [1.82, 2.24) is 20.3 Å². The second-order valence-electron chi connectivity index (χ2n) is 6.06. The van der Waals surface area contributed by atoms with Gasteiger partial charge in [0.25, 0.3) is 0 Å². The fourth-order valence-electron chi connectivity index (χ4n) is 3.12. The van der Waals surface area contributed by atoms with Gasteiger partial charge in [0.15, 0.2) is 0 Å². The first-order valence-electron chi connectivity index (χ1n) is 8.08. The third kappa shape index (κ3) is 2.13. The Balaban J connectivity index is 1.53. The number of nitrogens with two attached hydrogens (primary N) is 1. The third-order valence-corrected chi connectivity index (χ3v) is 4.47. The molecule has 2 aromatic carbocycles. The second kappa shape index (κ2) is 5.36. The molecule has 0 saturated heterocycles. The van der Waals surface area contributed by atoms with Crippen LogP contribution in [-0.2, 0) is 0 Å². The Morgan fingerprint density at radius 3 is 2.77 bits per heavy atom. The molecular weight excluding hydrogens is 330 g/mol. The van der Waals surface area contributed by atoms with Crippen LogP contribution in [0, 0.1) is 0 Å². The van der Waals surface area contributed by atoms with Crippen LogP contribution in [0.4, 0.5) is 17.2 Å². The topological polar surface area (TPSA) is 113 Å². The molecule has 4 aromatic rings. The Labute approximate surface area is 147 Å². The van der Waals surface area contributed by atoms with Gasteiger partial charge in [0.1, 0.15) is 5.82 Å². The summed E-state index contributed by atoms with van der Waals surface area (Å²) in [6.45, 7) is 0. The Morgan fingerprint density at radius 2 is 1.88 bits per heavy atom. The average molecular weight is 345 g/mol. The predicted molar refractivity (Wildman–Crippen MR) is 100 cm³/mol. The van der Waals surface area contributed by atoms with E-state index in [1.165, 1.54) is 6.20 Å². The first-order chi connectivity index (χ1) is 12.7. The molecule has 1 aliphatic rings. The van der Waals surface area contributed by atoms with Crippen molar-refractivity contribution >= 4 is 33.9 Å².